The van der Waals surface area contributed by atoms with E-state index in [-0.39, 0.29) is 0 Å². The van der Waals surface area contributed by atoms with Gasteiger partial charge in [-0.2, -0.15) is 9.47 Å². The van der Waals surface area contributed by atoms with Crippen LogP contribution < -0.4 is 5.32 Å². The Balaban J connectivity index is 1.63. The average Bonchev–Trinajstić information content (AvgIpc) is 3.17. The molecule has 3 rings (SSSR count). The lowest BCUT2D eigenvalue weighted by Gasteiger charge is -2.03. The Bertz CT molecular complexity index is 657. The number of benzene rings is 1. The number of nitrogens with zero attached hydrogens (tertiary/aromatic N) is 3. The molecule has 6 heteroatoms. The Morgan fingerprint density at radius 2 is 2.05 bits per heavy atom. The maximum absolute atomic E-state index is 4.39. The van der Waals surface area contributed by atoms with E-state index in [0.717, 1.165) is 35.2 Å². The SMILES string of the molecule is CCc1nsc(NCc2ccc(-c3ccn[nH]3)cc2)n1. The van der Waals surface area contributed by atoms with Crippen molar-refractivity contribution in [2.24, 2.45) is 0 Å². The zero-order valence-corrected chi connectivity index (χ0v) is 11.9. The molecule has 0 aliphatic heterocycles. The normalized spacial score (nSPS) is 10.7. The van der Waals surface area contributed by atoms with E-state index in [1.165, 1.54) is 17.1 Å². The summed E-state index contributed by atoms with van der Waals surface area (Å²) >= 11 is 1.41. The van der Waals surface area contributed by atoms with Crippen LogP contribution in [0.1, 0.15) is 18.3 Å². The van der Waals surface area contributed by atoms with Crippen molar-refractivity contribution in [3.05, 3.63) is 47.9 Å². The van der Waals surface area contributed by atoms with Crippen LogP contribution in [0.2, 0.25) is 0 Å². The first-order valence-corrected chi connectivity index (χ1v) is 7.27. The number of aromatic nitrogens is 4. The van der Waals surface area contributed by atoms with E-state index in [2.05, 4.69) is 56.1 Å². The molecule has 0 unspecified atom stereocenters. The van der Waals surface area contributed by atoms with Gasteiger partial charge >= 0.3 is 0 Å². The molecule has 2 aromatic heterocycles. The van der Waals surface area contributed by atoms with Gasteiger partial charge in [-0.25, -0.2) is 4.98 Å². The summed E-state index contributed by atoms with van der Waals surface area (Å²) in [6, 6.07) is 10.3. The standard InChI is InChI=1S/C14H15N5S/c1-2-13-17-14(20-19-13)15-9-10-3-5-11(6-4-10)12-7-8-16-18-12/h3-8H,2,9H2,1H3,(H,16,18)(H,15,17,19). The lowest BCUT2D eigenvalue weighted by atomic mass is 10.1. The minimum absolute atomic E-state index is 0.752. The molecule has 2 heterocycles. The fourth-order valence-corrected chi connectivity index (χ4v) is 2.51. The van der Waals surface area contributed by atoms with Crippen LogP contribution in [0.4, 0.5) is 5.13 Å². The van der Waals surface area contributed by atoms with Crippen LogP contribution in [-0.2, 0) is 13.0 Å². The Hall–Kier alpha value is -2.21. The van der Waals surface area contributed by atoms with Crippen LogP contribution in [0.5, 0.6) is 0 Å². The summed E-state index contributed by atoms with van der Waals surface area (Å²) in [6.45, 7) is 2.81. The lowest BCUT2D eigenvalue weighted by Crippen LogP contribution is -1.99. The number of aromatic amines is 1. The summed E-state index contributed by atoms with van der Waals surface area (Å²) in [7, 11) is 0. The topological polar surface area (TPSA) is 66.5 Å². The Morgan fingerprint density at radius 3 is 2.70 bits per heavy atom. The van der Waals surface area contributed by atoms with E-state index in [4.69, 9.17) is 0 Å². The molecule has 0 saturated heterocycles. The van der Waals surface area contributed by atoms with Crippen molar-refractivity contribution in [1.29, 1.82) is 0 Å². The van der Waals surface area contributed by atoms with Gasteiger partial charge in [0.2, 0.25) is 5.13 Å². The molecule has 0 fully saturated rings. The highest BCUT2D eigenvalue weighted by Crippen LogP contribution is 2.18. The number of H-pyrrole nitrogens is 1. The molecule has 2 N–H and O–H groups in total. The van der Waals surface area contributed by atoms with Crippen molar-refractivity contribution in [2.45, 2.75) is 19.9 Å². The molecule has 1 aromatic carbocycles. The van der Waals surface area contributed by atoms with Gasteiger partial charge < -0.3 is 5.32 Å². The minimum Gasteiger partial charge on any atom is -0.356 e. The van der Waals surface area contributed by atoms with Gasteiger partial charge in [0, 0.05) is 30.7 Å². The van der Waals surface area contributed by atoms with Gasteiger partial charge in [0.05, 0.1) is 5.69 Å². The highest BCUT2D eigenvalue weighted by molar-refractivity contribution is 7.09. The Morgan fingerprint density at radius 1 is 1.20 bits per heavy atom. The van der Waals surface area contributed by atoms with Crippen LogP contribution in [0.15, 0.2) is 36.5 Å². The van der Waals surface area contributed by atoms with Gasteiger partial charge in [0.25, 0.3) is 0 Å². The smallest absolute Gasteiger partial charge is 0.202 e. The second-order valence-electron chi connectivity index (χ2n) is 4.39. The molecule has 102 valence electrons. The zero-order chi connectivity index (χ0) is 13.8. The predicted molar refractivity (Wildman–Crippen MR) is 80.6 cm³/mol. The monoisotopic (exact) mass is 285 g/mol. The fraction of sp³-hybridized carbons (Fsp3) is 0.214. The molecule has 5 nitrogen and oxygen atoms in total. The molecule has 0 aliphatic rings. The largest absolute Gasteiger partial charge is 0.356 e. The first-order valence-electron chi connectivity index (χ1n) is 6.50. The second kappa shape index (κ2) is 5.83. The van der Waals surface area contributed by atoms with E-state index in [1.54, 1.807) is 6.20 Å². The van der Waals surface area contributed by atoms with Crippen molar-refractivity contribution in [2.75, 3.05) is 5.32 Å². The van der Waals surface area contributed by atoms with Crippen LogP contribution in [-0.4, -0.2) is 19.6 Å². The van der Waals surface area contributed by atoms with Crippen molar-refractivity contribution in [3.8, 4) is 11.3 Å². The van der Waals surface area contributed by atoms with Gasteiger partial charge in [-0.1, -0.05) is 31.2 Å². The number of hydrogen-bond acceptors (Lipinski definition) is 5. The summed E-state index contributed by atoms with van der Waals surface area (Å²) in [5.41, 5.74) is 3.37. The first kappa shape index (κ1) is 12.8. The summed E-state index contributed by atoms with van der Waals surface area (Å²) in [6.07, 6.45) is 2.63. The van der Waals surface area contributed by atoms with Gasteiger partial charge in [0.1, 0.15) is 5.82 Å². The van der Waals surface area contributed by atoms with Crippen LogP contribution in [0.3, 0.4) is 0 Å². The third kappa shape index (κ3) is 2.85. The maximum atomic E-state index is 4.39. The van der Waals surface area contributed by atoms with E-state index in [1.807, 2.05) is 6.07 Å². The third-order valence-corrected chi connectivity index (χ3v) is 3.70. The summed E-state index contributed by atoms with van der Waals surface area (Å²) in [5, 5.41) is 11.1. The second-order valence-corrected chi connectivity index (χ2v) is 5.14. The highest BCUT2D eigenvalue weighted by Gasteiger charge is 2.02. The molecule has 0 amide bonds. The molecule has 0 radical (unpaired) electrons. The highest BCUT2D eigenvalue weighted by atomic mass is 32.1. The van der Waals surface area contributed by atoms with Gasteiger partial charge in [-0.3, -0.25) is 5.10 Å². The lowest BCUT2D eigenvalue weighted by molar-refractivity contribution is 0.993. The Kier molecular flexibility index (Phi) is 3.73. The van der Waals surface area contributed by atoms with Crippen molar-refractivity contribution in [1.82, 2.24) is 19.6 Å². The molecule has 0 spiro atoms. The van der Waals surface area contributed by atoms with Crippen molar-refractivity contribution < 1.29 is 0 Å². The van der Waals surface area contributed by atoms with E-state index < -0.39 is 0 Å². The molecule has 0 saturated carbocycles. The number of aryl methyl sites for hydroxylation is 1. The van der Waals surface area contributed by atoms with Crippen LogP contribution in [0, 0.1) is 0 Å². The van der Waals surface area contributed by atoms with Gasteiger partial charge in [0.15, 0.2) is 0 Å². The molecular weight excluding hydrogens is 270 g/mol. The quantitative estimate of drug-likeness (QED) is 0.756. The summed E-state index contributed by atoms with van der Waals surface area (Å²) in [4.78, 5) is 4.39. The van der Waals surface area contributed by atoms with Crippen LogP contribution in [0.25, 0.3) is 11.3 Å². The minimum atomic E-state index is 0.752. The molecule has 0 atom stereocenters. The third-order valence-electron chi connectivity index (χ3n) is 2.99. The average molecular weight is 285 g/mol. The van der Waals surface area contributed by atoms with E-state index in [0.29, 0.717) is 0 Å². The Labute approximate surface area is 121 Å². The van der Waals surface area contributed by atoms with Crippen molar-refractivity contribution >= 4 is 16.7 Å². The number of rotatable bonds is 5. The molecule has 20 heavy (non-hydrogen) atoms. The molecular formula is C14H15N5S. The fourth-order valence-electron chi connectivity index (χ4n) is 1.87. The zero-order valence-electron chi connectivity index (χ0n) is 11.1. The van der Waals surface area contributed by atoms with E-state index >= 15 is 0 Å². The number of hydrogen-bond donors (Lipinski definition) is 2. The molecule has 3 aromatic rings. The molecule has 0 aliphatic carbocycles. The van der Waals surface area contributed by atoms with Crippen LogP contribution >= 0.6 is 11.5 Å². The predicted octanol–water partition coefficient (Wildman–Crippen LogP) is 3.10. The van der Waals surface area contributed by atoms with Crippen molar-refractivity contribution in [3.63, 3.8) is 0 Å². The van der Waals surface area contributed by atoms with Gasteiger partial charge in [-0.15, -0.1) is 0 Å². The van der Waals surface area contributed by atoms with E-state index in [9.17, 15) is 0 Å². The molecule has 0 bridgehead atoms. The number of anilines is 1. The summed E-state index contributed by atoms with van der Waals surface area (Å²) < 4.78 is 4.25. The first-order chi connectivity index (χ1) is 9.85. The summed E-state index contributed by atoms with van der Waals surface area (Å²) in [5.74, 6) is 0.895. The maximum Gasteiger partial charge on any atom is 0.202 e. The van der Waals surface area contributed by atoms with Gasteiger partial charge in [-0.05, 0) is 17.2 Å². The number of nitrogens with one attached hydrogen (secondary N) is 2.